The monoisotopic (exact) mass is 249 g/mol. The van der Waals surface area contributed by atoms with Crippen LogP contribution in [0.3, 0.4) is 0 Å². The van der Waals surface area contributed by atoms with Gasteiger partial charge in [-0.2, -0.15) is 0 Å². The van der Waals surface area contributed by atoms with Crippen LogP contribution in [0.4, 0.5) is 5.69 Å². The molecule has 2 rings (SSSR count). The molecule has 1 N–H and O–H groups in total. The van der Waals surface area contributed by atoms with Crippen molar-refractivity contribution in [2.24, 2.45) is 0 Å². The maximum atomic E-state index is 11.4. The molecule has 88 valence electrons. The van der Waals surface area contributed by atoms with Gasteiger partial charge in [0.25, 0.3) is 0 Å². The van der Waals surface area contributed by atoms with Gasteiger partial charge in [-0.3, -0.25) is 4.79 Å². The van der Waals surface area contributed by atoms with Crippen LogP contribution in [0, 0.1) is 0 Å². The fraction of sp³-hybridized carbons (Fsp3) is 0.154. The van der Waals surface area contributed by atoms with Crippen LogP contribution in [0.25, 0.3) is 10.8 Å². The van der Waals surface area contributed by atoms with Crippen molar-refractivity contribution >= 4 is 34.0 Å². The molecule has 0 aliphatic carbocycles. The first-order chi connectivity index (χ1) is 8.02. The fourth-order valence-corrected chi connectivity index (χ4v) is 1.93. The first kappa shape index (κ1) is 11.7. The number of aromatic hydroxyl groups is 1. The van der Waals surface area contributed by atoms with Crippen molar-refractivity contribution in [2.75, 3.05) is 11.9 Å². The molecule has 1 amide bonds. The summed E-state index contributed by atoms with van der Waals surface area (Å²) < 4.78 is 0. The number of nitrogens with zero attached hydrogens (tertiary/aromatic N) is 1. The Bertz CT molecular complexity index is 595. The lowest BCUT2D eigenvalue weighted by atomic mass is 10.1. The average Bonchev–Trinajstić information content (AvgIpc) is 2.32. The molecule has 0 fully saturated rings. The summed E-state index contributed by atoms with van der Waals surface area (Å²) in [4.78, 5) is 12.9. The lowest BCUT2D eigenvalue weighted by Crippen LogP contribution is -2.22. The van der Waals surface area contributed by atoms with E-state index in [1.807, 2.05) is 6.07 Å². The Balaban J connectivity index is 2.75. The van der Waals surface area contributed by atoms with Gasteiger partial charge in [0, 0.05) is 24.7 Å². The Morgan fingerprint density at radius 1 is 1.24 bits per heavy atom. The smallest absolute Gasteiger partial charge is 0.223 e. The second-order valence-electron chi connectivity index (χ2n) is 3.85. The van der Waals surface area contributed by atoms with Crippen LogP contribution in [0.5, 0.6) is 5.75 Å². The number of benzene rings is 2. The number of anilines is 1. The molecule has 0 aromatic heterocycles. The zero-order chi connectivity index (χ0) is 12.6. The number of halogens is 1. The largest absolute Gasteiger partial charge is 0.506 e. The van der Waals surface area contributed by atoms with Crippen LogP contribution in [-0.4, -0.2) is 18.1 Å². The highest BCUT2D eigenvalue weighted by atomic mass is 35.5. The number of amides is 1. The molecule has 0 heterocycles. The molecular formula is C13H12ClNO2. The van der Waals surface area contributed by atoms with E-state index in [1.165, 1.54) is 11.8 Å². The second kappa shape index (κ2) is 4.26. The van der Waals surface area contributed by atoms with Gasteiger partial charge in [0.1, 0.15) is 5.75 Å². The normalized spacial score (nSPS) is 10.5. The summed E-state index contributed by atoms with van der Waals surface area (Å²) in [5, 5.41) is 11.6. The van der Waals surface area contributed by atoms with E-state index in [9.17, 15) is 9.90 Å². The van der Waals surface area contributed by atoms with E-state index >= 15 is 0 Å². The number of carbonyl (C=O) groups excluding carboxylic acids is 1. The van der Waals surface area contributed by atoms with Gasteiger partial charge in [-0.1, -0.05) is 29.8 Å². The van der Waals surface area contributed by atoms with Gasteiger partial charge in [0.15, 0.2) is 0 Å². The predicted octanol–water partition coefficient (Wildman–Crippen LogP) is 3.18. The van der Waals surface area contributed by atoms with Crippen LogP contribution in [0.15, 0.2) is 30.3 Å². The molecular weight excluding hydrogens is 238 g/mol. The van der Waals surface area contributed by atoms with Crippen molar-refractivity contribution in [1.29, 1.82) is 0 Å². The highest BCUT2D eigenvalue weighted by Gasteiger charge is 2.12. The first-order valence-electron chi connectivity index (χ1n) is 5.17. The molecule has 0 atom stereocenters. The first-order valence-corrected chi connectivity index (χ1v) is 5.54. The van der Waals surface area contributed by atoms with Crippen molar-refractivity contribution in [2.45, 2.75) is 6.92 Å². The molecule has 0 aliphatic rings. The van der Waals surface area contributed by atoms with E-state index in [1.54, 1.807) is 31.3 Å². The molecule has 2 aromatic carbocycles. The summed E-state index contributed by atoms with van der Waals surface area (Å²) in [5.41, 5.74) is 0.752. The summed E-state index contributed by atoms with van der Waals surface area (Å²) in [6.45, 7) is 1.49. The molecule has 0 bridgehead atoms. The summed E-state index contributed by atoms with van der Waals surface area (Å²) in [7, 11) is 1.70. The molecule has 2 aromatic rings. The van der Waals surface area contributed by atoms with E-state index in [-0.39, 0.29) is 11.7 Å². The van der Waals surface area contributed by atoms with Gasteiger partial charge >= 0.3 is 0 Å². The topological polar surface area (TPSA) is 40.5 Å². The van der Waals surface area contributed by atoms with E-state index in [4.69, 9.17) is 11.6 Å². The minimum atomic E-state index is -0.0630. The summed E-state index contributed by atoms with van der Waals surface area (Å²) >= 11 is 5.85. The van der Waals surface area contributed by atoms with Crippen molar-refractivity contribution in [1.82, 2.24) is 0 Å². The summed E-state index contributed by atoms with van der Waals surface area (Å²) in [6, 6.07) is 8.81. The van der Waals surface area contributed by atoms with Gasteiger partial charge < -0.3 is 10.0 Å². The second-order valence-corrected chi connectivity index (χ2v) is 4.25. The molecule has 0 aliphatic heterocycles. The average molecular weight is 250 g/mol. The standard InChI is InChI=1S/C13H12ClNO2/c1-8(16)15(2)12-5-3-4-10-9(12)6-7-11(14)13(10)17/h3-7,17H,1-2H3. The number of phenolic OH excluding ortho intramolecular Hbond substituents is 1. The lowest BCUT2D eigenvalue weighted by molar-refractivity contribution is -0.116. The third kappa shape index (κ3) is 1.94. The molecule has 0 saturated carbocycles. The number of fused-ring (bicyclic) bond motifs is 1. The number of hydrogen-bond donors (Lipinski definition) is 1. The maximum absolute atomic E-state index is 11.4. The van der Waals surface area contributed by atoms with Crippen LogP contribution in [0.1, 0.15) is 6.92 Å². The predicted molar refractivity (Wildman–Crippen MR) is 69.7 cm³/mol. The van der Waals surface area contributed by atoms with Gasteiger partial charge in [-0.15, -0.1) is 0 Å². The summed E-state index contributed by atoms with van der Waals surface area (Å²) in [5.74, 6) is -0.0186. The SMILES string of the molecule is CC(=O)N(C)c1cccc2c(O)c(Cl)ccc12. The van der Waals surface area contributed by atoms with Crippen molar-refractivity contribution in [3.63, 3.8) is 0 Å². The van der Waals surface area contributed by atoms with Crippen LogP contribution in [-0.2, 0) is 4.79 Å². The number of hydrogen-bond acceptors (Lipinski definition) is 2. The Morgan fingerprint density at radius 3 is 2.59 bits per heavy atom. The summed E-state index contributed by atoms with van der Waals surface area (Å²) in [6.07, 6.45) is 0. The van der Waals surface area contributed by atoms with E-state index < -0.39 is 0 Å². The minimum absolute atomic E-state index is 0.0444. The molecule has 3 nitrogen and oxygen atoms in total. The van der Waals surface area contributed by atoms with Gasteiger partial charge in [-0.05, 0) is 12.1 Å². The van der Waals surface area contributed by atoms with Crippen LogP contribution in [0.2, 0.25) is 5.02 Å². The molecule has 0 saturated heterocycles. The molecule has 4 heteroatoms. The van der Waals surface area contributed by atoms with Crippen LogP contribution < -0.4 is 4.90 Å². The maximum Gasteiger partial charge on any atom is 0.223 e. The highest BCUT2D eigenvalue weighted by molar-refractivity contribution is 6.33. The van der Waals surface area contributed by atoms with Gasteiger partial charge in [0.2, 0.25) is 5.91 Å². The van der Waals surface area contributed by atoms with Gasteiger partial charge in [-0.25, -0.2) is 0 Å². The number of carbonyl (C=O) groups is 1. The highest BCUT2D eigenvalue weighted by Crippen LogP contribution is 2.36. The molecule has 0 spiro atoms. The van der Waals surface area contributed by atoms with Crippen molar-refractivity contribution in [3.05, 3.63) is 35.4 Å². The minimum Gasteiger partial charge on any atom is -0.506 e. The zero-order valence-electron chi connectivity index (χ0n) is 9.57. The van der Waals surface area contributed by atoms with Crippen molar-refractivity contribution < 1.29 is 9.90 Å². The van der Waals surface area contributed by atoms with E-state index in [2.05, 4.69) is 0 Å². The number of rotatable bonds is 1. The van der Waals surface area contributed by atoms with Gasteiger partial charge in [0.05, 0.1) is 10.7 Å². The Hall–Kier alpha value is -1.74. The Labute approximate surface area is 104 Å². The zero-order valence-corrected chi connectivity index (χ0v) is 10.3. The third-order valence-electron chi connectivity index (χ3n) is 2.79. The quantitative estimate of drug-likeness (QED) is 0.843. The third-order valence-corrected chi connectivity index (χ3v) is 3.10. The molecule has 0 radical (unpaired) electrons. The molecule has 0 unspecified atom stereocenters. The fourth-order valence-electron chi connectivity index (χ4n) is 1.76. The molecule has 17 heavy (non-hydrogen) atoms. The lowest BCUT2D eigenvalue weighted by Gasteiger charge is -2.17. The van der Waals surface area contributed by atoms with Crippen LogP contribution >= 0.6 is 11.6 Å². The Kier molecular flexibility index (Phi) is 2.94. The number of phenols is 1. The van der Waals surface area contributed by atoms with E-state index in [0.717, 1.165) is 11.1 Å². The van der Waals surface area contributed by atoms with Crippen molar-refractivity contribution in [3.8, 4) is 5.75 Å². The van der Waals surface area contributed by atoms with E-state index in [0.29, 0.717) is 10.4 Å². The Morgan fingerprint density at radius 2 is 1.94 bits per heavy atom.